The summed E-state index contributed by atoms with van der Waals surface area (Å²) in [5.74, 6) is -0.0760. The van der Waals surface area contributed by atoms with Gasteiger partial charge in [-0.3, -0.25) is 9.78 Å². The summed E-state index contributed by atoms with van der Waals surface area (Å²) in [5.41, 5.74) is 0.764. The Kier molecular flexibility index (Phi) is 3.81. The summed E-state index contributed by atoms with van der Waals surface area (Å²) in [6.45, 7) is 0. The van der Waals surface area contributed by atoms with Crippen molar-refractivity contribution in [1.29, 1.82) is 0 Å². The number of benzene rings is 2. The van der Waals surface area contributed by atoms with Gasteiger partial charge in [-0.2, -0.15) is 10.1 Å². The Morgan fingerprint density at radius 1 is 1.16 bits per heavy atom. The van der Waals surface area contributed by atoms with Crippen molar-refractivity contribution in [1.82, 2.24) is 19.7 Å². The Hall–Kier alpha value is -3.00. The van der Waals surface area contributed by atoms with Gasteiger partial charge in [0.05, 0.1) is 16.4 Å². The Morgan fingerprint density at radius 3 is 2.72 bits per heavy atom. The third-order valence-corrected chi connectivity index (χ3v) is 4.13. The van der Waals surface area contributed by atoms with Gasteiger partial charge in [0.25, 0.3) is 5.56 Å². The number of aromatic amines is 1. The van der Waals surface area contributed by atoms with Crippen LogP contribution in [0.3, 0.4) is 0 Å². The Balaban J connectivity index is 1.80. The summed E-state index contributed by atoms with van der Waals surface area (Å²) in [4.78, 5) is 19.1. The highest BCUT2D eigenvalue weighted by atomic mass is 79.9. The molecule has 2 aromatic heterocycles. The number of fused-ring (bicyclic) bond motifs is 1. The predicted molar refractivity (Wildman–Crippen MR) is 93.7 cm³/mol. The number of halogens is 2. The maximum absolute atomic E-state index is 13.3. The van der Waals surface area contributed by atoms with Gasteiger partial charge in [0, 0.05) is 0 Å². The largest absolute Gasteiger partial charge is 0.425 e. The summed E-state index contributed by atoms with van der Waals surface area (Å²) in [5, 5.41) is 4.57. The average Bonchev–Trinajstić information content (AvgIpc) is 3.03. The summed E-state index contributed by atoms with van der Waals surface area (Å²) < 4.78 is 20.7. The molecule has 2 heterocycles. The molecule has 0 saturated heterocycles. The monoisotopic (exact) mass is 400 g/mol. The zero-order valence-electron chi connectivity index (χ0n) is 12.6. The normalized spacial score (nSPS) is 11.0. The molecule has 6 nitrogen and oxygen atoms in total. The van der Waals surface area contributed by atoms with Crippen molar-refractivity contribution in [2.75, 3.05) is 0 Å². The van der Waals surface area contributed by atoms with Gasteiger partial charge in [-0.05, 0) is 46.3 Å². The standard InChI is InChI=1S/C17H10BrFN4O2/c18-13-8-11(6-7-14(13)19)25-17-21-15-12(16(24)22-17)9-20-23(15)10-4-2-1-3-5-10/h1-9H,(H,21,22,24). The van der Waals surface area contributed by atoms with Crippen LogP contribution in [0, 0.1) is 5.82 Å². The van der Waals surface area contributed by atoms with Crippen LogP contribution in [-0.4, -0.2) is 19.7 Å². The molecule has 2 aromatic carbocycles. The molecule has 25 heavy (non-hydrogen) atoms. The highest BCUT2D eigenvalue weighted by molar-refractivity contribution is 9.10. The van der Waals surface area contributed by atoms with Gasteiger partial charge in [0.1, 0.15) is 17.0 Å². The van der Waals surface area contributed by atoms with Crippen molar-refractivity contribution in [3.63, 3.8) is 0 Å². The van der Waals surface area contributed by atoms with Crippen LogP contribution in [0.25, 0.3) is 16.7 Å². The first-order valence-electron chi connectivity index (χ1n) is 7.28. The van der Waals surface area contributed by atoms with Gasteiger partial charge in [-0.15, -0.1) is 0 Å². The maximum atomic E-state index is 13.3. The van der Waals surface area contributed by atoms with Gasteiger partial charge in [-0.25, -0.2) is 9.07 Å². The van der Waals surface area contributed by atoms with Crippen molar-refractivity contribution >= 4 is 27.0 Å². The van der Waals surface area contributed by atoms with E-state index in [0.29, 0.717) is 16.8 Å². The second kappa shape index (κ2) is 6.14. The van der Waals surface area contributed by atoms with E-state index in [0.717, 1.165) is 5.69 Å². The van der Waals surface area contributed by atoms with Crippen LogP contribution < -0.4 is 10.3 Å². The topological polar surface area (TPSA) is 72.8 Å². The van der Waals surface area contributed by atoms with Crippen LogP contribution >= 0.6 is 15.9 Å². The van der Waals surface area contributed by atoms with E-state index in [1.807, 2.05) is 30.3 Å². The number of nitrogens with one attached hydrogen (secondary N) is 1. The quantitative estimate of drug-likeness (QED) is 0.567. The van der Waals surface area contributed by atoms with Crippen LogP contribution in [0.4, 0.5) is 4.39 Å². The van der Waals surface area contributed by atoms with E-state index in [-0.39, 0.29) is 16.0 Å². The van der Waals surface area contributed by atoms with E-state index in [9.17, 15) is 9.18 Å². The van der Waals surface area contributed by atoms with Gasteiger partial charge < -0.3 is 4.74 Å². The van der Waals surface area contributed by atoms with Crippen molar-refractivity contribution in [3.05, 3.63) is 75.4 Å². The fourth-order valence-corrected chi connectivity index (χ4v) is 2.71. The minimum atomic E-state index is -0.411. The Morgan fingerprint density at radius 2 is 1.96 bits per heavy atom. The highest BCUT2D eigenvalue weighted by Crippen LogP contribution is 2.25. The molecule has 0 spiro atoms. The molecular weight excluding hydrogens is 391 g/mol. The van der Waals surface area contributed by atoms with E-state index in [1.54, 1.807) is 4.68 Å². The molecule has 0 aliphatic carbocycles. The smallest absolute Gasteiger partial charge is 0.304 e. The van der Waals surface area contributed by atoms with Crippen LogP contribution in [0.2, 0.25) is 0 Å². The zero-order chi connectivity index (χ0) is 17.4. The predicted octanol–water partition coefficient (Wildman–Crippen LogP) is 3.80. The van der Waals surface area contributed by atoms with Gasteiger partial charge in [-0.1, -0.05) is 18.2 Å². The fraction of sp³-hybridized carbons (Fsp3) is 0. The lowest BCUT2D eigenvalue weighted by Gasteiger charge is -2.06. The lowest BCUT2D eigenvalue weighted by atomic mass is 10.3. The molecule has 0 saturated carbocycles. The van der Waals surface area contributed by atoms with Crippen molar-refractivity contribution in [2.24, 2.45) is 0 Å². The molecule has 4 aromatic rings. The molecule has 0 atom stereocenters. The molecule has 124 valence electrons. The summed E-state index contributed by atoms with van der Waals surface area (Å²) >= 11 is 3.09. The first-order valence-corrected chi connectivity index (χ1v) is 8.07. The third-order valence-electron chi connectivity index (χ3n) is 3.52. The molecule has 4 rings (SSSR count). The van der Waals surface area contributed by atoms with Crippen molar-refractivity contribution in [2.45, 2.75) is 0 Å². The minimum Gasteiger partial charge on any atom is -0.425 e. The first-order chi connectivity index (χ1) is 12.1. The summed E-state index contributed by atoms with van der Waals surface area (Å²) in [6, 6.07) is 13.5. The lowest BCUT2D eigenvalue weighted by molar-refractivity contribution is 0.440. The molecule has 8 heteroatoms. The van der Waals surface area contributed by atoms with E-state index >= 15 is 0 Å². The fourth-order valence-electron chi connectivity index (χ4n) is 2.36. The zero-order valence-corrected chi connectivity index (χ0v) is 14.2. The van der Waals surface area contributed by atoms with E-state index < -0.39 is 5.82 Å². The molecular formula is C17H10BrFN4O2. The van der Waals surface area contributed by atoms with Crippen molar-refractivity contribution in [3.8, 4) is 17.4 Å². The molecule has 1 N–H and O–H groups in total. The highest BCUT2D eigenvalue weighted by Gasteiger charge is 2.13. The maximum Gasteiger partial charge on any atom is 0.304 e. The van der Waals surface area contributed by atoms with E-state index in [1.165, 1.54) is 24.4 Å². The molecule has 0 amide bonds. The molecule has 0 aliphatic rings. The number of H-pyrrole nitrogens is 1. The van der Waals surface area contributed by atoms with Gasteiger partial charge >= 0.3 is 6.01 Å². The molecule has 0 aliphatic heterocycles. The second-order valence-electron chi connectivity index (χ2n) is 5.18. The molecule has 0 fully saturated rings. The van der Waals surface area contributed by atoms with E-state index in [4.69, 9.17) is 4.74 Å². The number of rotatable bonds is 3. The molecule has 0 bridgehead atoms. The number of nitrogens with zero attached hydrogens (tertiary/aromatic N) is 3. The first kappa shape index (κ1) is 15.5. The summed E-state index contributed by atoms with van der Waals surface area (Å²) in [7, 11) is 0. The van der Waals surface area contributed by atoms with Gasteiger partial charge in [0.2, 0.25) is 0 Å². The number of ether oxygens (including phenoxy) is 1. The van der Waals surface area contributed by atoms with E-state index in [2.05, 4.69) is 31.0 Å². The van der Waals surface area contributed by atoms with Crippen LogP contribution in [-0.2, 0) is 0 Å². The number of hydrogen-bond acceptors (Lipinski definition) is 4. The molecule has 0 radical (unpaired) electrons. The number of para-hydroxylation sites is 1. The second-order valence-corrected chi connectivity index (χ2v) is 6.03. The van der Waals surface area contributed by atoms with Crippen LogP contribution in [0.5, 0.6) is 11.8 Å². The van der Waals surface area contributed by atoms with Gasteiger partial charge in [0.15, 0.2) is 5.65 Å². The van der Waals surface area contributed by atoms with Crippen molar-refractivity contribution < 1.29 is 9.13 Å². The third kappa shape index (κ3) is 2.91. The Labute approximate surface area is 149 Å². The van der Waals surface area contributed by atoms with Crippen LogP contribution in [0.15, 0.2) is 64.0 Å². The number of hydrogen-bond donors (Lipinski definition) is 1. The number of aromatic nitrogens is 4. The Bertz CT molecular complexity index is 1120. The SMILES string of the molecule is O=c1[nH]c(Oc2ccc(F)c(Br)c2)nc2c1cnn2-c1ccccc1. The summed E-state index contributed by atoms with van der Waals surface area (Å²) in [6.07, 6.45) is 1.45. The van der Waals surface area contributed by atoms with Crippen LogP contribution in [0.1, 0.15) is 0 Å². The molecule has 0 unspecified atom stereocenters. The minimum absolute atomic E-state index is 0.00584. The average molecular weight is 401 g/mol. The lowest BCUT2D eigenvalue weighted by Crippen LogP contribution is -2.10.